The molecule has 2 aromatic carbocycles. The van der Waals surface area contributed by atoms with Crippen molar-refractivity contribution in [2.24, 2.45) is 5.73 Å². The molecule has 21 heavy (non-hydrogen) atoms. The van der Waals surface area contributed by atoms with E-state index in [0.29, 0.717) is 23.4 Å². The Balaban J connectivity index is 2.12. The molecule has 0 saturated carbocycles. The fourth-order valence-corrected chi connectivity index (χ4v) is 2.81. The highest BCUT2D eigenvalue weighted by atomic mass is 79.9. The lowest BCUT2D eigenvalue weighted by Gasteiger charge is -2.12. The number of nitro benzene ring substituents is 1. The molecule has 0 fully saturated rings. The molecule has 4 nitrogen and oxygen atoms in total. The Morgan fingerprint density at radius 1 is 1.24 bits per heavy atom. The van der Waals surface area contributed by atoms with Crippen molar-refractivity contribution in [3.63, 3.8) is 0 Å². The van der Waals surface area contributed by atoms with Gasteiger partial charge in [-0.15, -0.1) is 0 Å². The number of halogens is 2. The molecule has 2 rings (SSSR count). The summed E-state index contributed by atoms with van der Waals surface area (Å²) in [6.07, 6.45) is 1.08. The van der Waals surface area contributed by atoms with Crippen LogP contribution in [0.2, 0.25) is 5.02 Å². The van der Waals surface area contributed by atoms with Crippen LogP contribution >= 0.6 is 27.5 Å². The third-order valence-electron chi connectivity index (χ3n) is 3.11. The molecule has 1 atom stereocenters. The fraction of sp³-hybridized carbons (Fsp3) is 0.200. The number of hydrogen-bond donors (Lipinski definition) is 1. The van der Waals surface area contributed by atoms with Crippen molar-refractivity contribution in [2.75, 3.05) is 0 Å². The summed E-state index contributed by atoms with van der Waals surface area (Å²) in [5, 5.41) is 11.4. The summed E-state index contributed by atoms with van der Waals surface area (Å²) in [4.78, 5) is 10.6. The van der Waals surface area contributed by atoms with Gasteiger partial charge < -0.3 is 5.73 Å². The largest absolute Gasteiger partial charge is 0.327 e. The van der Waals surface area contributed by atoms with Crippen LogP contribution in [0, 0.1) is 10.1 Å². The summed E-state index contributed by atoms with van der Waals surface area (Å²) in [7, 11) is 0. The Kier molecular flexibility index (Phi) is 5.33. The van der Waals surface area contributed by atoms with E-state index in [0.717, 1.165) is 10.0 Å². The number of benzene rings is 2. The second-order valence-electron chi connectivity index (χ2n) is 4.83. The topological polar surface area (TPSA) is 69.2 Å². The molecular weight excluding hydrogens is 356 g/mol. The molecule has 0 heterocycles. The average molecular weight is 370 g/mol. The maximum absolute atomic E-state index is 11.1. The van der Waals surface area contributed by atoms with Gasteiger partial charge in [0, 0.05) is 27.2 Å². The molecule has 0 aliphatic carbocycles. The van der Waals surface area contributed by atoms with Crippen molar-refractivity contribution in [1.82, 2.24) is 0 Å². The second kappa shape index (κ2) is 7.02. The predicted molar refractivity (Wildman–Crippen MR) is 87.6 cm³/mol. The number of nitrogens with two attached hydrogens (primary N) is 1. The molecule has 0 radical (unpaired) electrons. The zero-order valence-corrected chi connectivity index (χ0v) is 13.5. The minimum atomic E-state index is -0.424. The van der Waals surface area contributed by atoms with Gasteiger partial charge in [0.1, 0.15) is 0 Å². The smallest absolute Gasteiger partial charge is 0.274 e. The zero-order valence-electron chi connectivity index (χ0n) is 11.1. The van der Waals surface area contributed by atoms with Gasteiger partial charge >= 0.3 is 0 Å². The quantitative estimate of drug-likeness (QED) is 0.636. The van der Waals surface area contributed by atoms with Crippen LogP contribution in [0.25, 0.3) is 0 Å². The van der Waals surface area contributed by atoms with Crippen LogP contribution in [0.1, 0.15) is 11.1 Å². The van der Waals surface area contributed by atoms with E-state index in [-0.39, 0.29) is 11.7 Å². The van der Waals surface area contributed by atoms with Gasteiger partial charge in [-0.25, -0.2) is 0 Å². The van der Waals surface area contributed by atoms with E-state index in [1.54, 1.807) is 12.1 Å². The number of nitro groups is 1. The molecule has 6 heteroatoms. The molecule has 0 aliphatic heterocycles. The maximum Gasteiger partial charge on any atom is 0.274 e. The summed E-state index contributed by atoms with van der Waals surface area (Å²) >= 11 is 9.22. The van der Waals surface area contributed by atoms with E-state index in [9.17, 15) is 10.1 Å². The number of rotatable bonds is 5. The summed E-state index contributed by atoms with van der Waals surface area (Å²) in [6.45, 7) is 0. The van der Waals surface area contributed by atoms with Crippen molar-refractivity contribution in [1.29, 1.82) is 0 Å². The molecule has 0 spiro atoms. The predicted octanol–water partition coefficient (Wildman–Crippen LogP) is 4.12. The van der Waals surface area contributed by atoms with E-state index >= 15 is 0 Å². The zero-order chi connectivity index (χ0) is 15.4. The maximum atomic E-state index is 11.1. The molecule has 0 aliphatic rings. The van der Waals surface area contributed by atoms with E-state index in [1.807, 2.05) is 24.3 Å². The van der Waals surface area contributed by atoms with Crippen LogP contribution in [0.15, 0.2) is 46.9 Å². The van der Waals surface area contributed by atoms with Crippen LogP contribution in [0.5, 0.6) is 0 Å². The normalized spacial score (nSPS) is 12.1. The Morgan fingerprint density at radius 2 is 2.00 bits per heavy atom. The molecule has 0 amide bonds. The lowest BCUT2D eigenvalue weighted by atomic mass is 9.99. The van der Waals surface area contributed by atoms with E-state index in [2.05, 4.69) is 15.9 Å². The minimum Gasteiger partial charge on any atom is -0.327 e. The van der Waals surface area contributed by atoms with Gasteiger partial charge in [0.2, 0.25) is 0 Å². The Hall–Kier alpha value is -1.43. The SMILES string of the molecule is NC(Cc1cccc(Br)c1)Cc1ccc(Cl)cc1[N+](=O)[O-]. The first kappa shape index (κ1) is 15.9. The highest BCUT2D eigenvalue weighted by Crippen LogP contribution is 2.24. The van der Waals surface area contributed by atoms with Gasteiger partial charge in [0.15, 0.2) is 0 Å². The number of hydrogen-bond acceptors (Lipinski definition) is 3. The van der Waals surface area contributed by atoms with Crippen molar-refractivity contribution < 1.29 is 4.92 Å². The van der Waals surface area contributed by atoms with Crippen molar-refractivity contribution in [2.45, 2.75) is 18.9 Å². The second-order valence-corrected chi connectivity index (χ2v) is 6.18. The summed E-state index contributed by atoms with van der Waals surface area (Å²) < 4.78 is 0.990. The monoisotopic (exact) mass is 368 g/mol. The molecule has 2 aromatic rings. The van der Waals surface area contributed by atoms with Gasteiger partial charge in [0.25, 0.3) is 5.69 Å². The van der Waals surface area contributed by atoms with Crippen LogP contribution in [0.3, 0.4) is 0 Å². The summed E-state index contributed by atoms with van der Waals surface area (Å²) in [6, 6.07) is 12.4. The lowest BCUT2D eigenvalue weighted by Crippen LogP contribution is -2.25. The van der Waals surface area contributed by atoms with Crippen molar-refractivity contribution in [3.05, 3.63) is 73.2 Å². The van der Waals surface area contributed by atoms with Crippen LogP contribution in [-0.2, 0) is 12.8 Å². The van der Waals surface area contributed by atoms with Crippen molar-refractivity contribution in [3.8, 4) is 0 Å². The highest BCUT2D eigenvalue weighted by molar-refractivity contribution is 9.10. The van der Waals surface area contributed by atoms with Gasteiger partial charge in [-0.3, -0.25) is 10.1 Å². The van der Waals surface area contributed by atoms with Crippen molar-refractivity contribution >= 4 is 33.2 Å². The molecule has 110 valence electrons. The lowest BCUT2D eigenvalue weighted by molar-refractivity contribution is -0.385. The average Bonchev–Trinajstić information content (AvgIpc) is 2.40. The standard InChI is InChI=1S/C15H14BrClN2O2/c16-12-3-1-2-10(6-12)7-14(18)8-11-4-5-13(17)9-15(11)19(20)21/h1-6,9,14H,7-8,18H2. The van der Waals surface area contributed by atoms with Crippen LogP contribution in [0.4, 0.5) is 5.69 Å². The Morgan fingerprint density at radius 3 is 2.67 bits per heavy atom. The van der Waals surface area contributed by atoms with Crippen LogP contribution < -0.4 is 5.73 Å². The summed E-state index contributed by atoms with van der Waals surface area (Å²) in [5.41, 5.74) is 7.84. The third kappa shape index (κ3) is 4.52. The van der Waals surface area contributed by atoms with Crippen LogP contribution in [-0.4, -0.2) is 11.0 Å². The molecule has 2 N–H and O–H groups in total. The fourth-order valence-electron chi connectivity index (χ4n) is 2.20. The van der Waals surface area contributed by atoms with Gasteiger partial charge in [-0.1, -0.05) is 45.7 Å². The molecule has 0 saturated heterocycles. The van der Waals surface area contributed by atoms with E-state index in [4.69, 9.17) is 17.3 Å². The molecule has 0 bridgehead atoms. The first-order valence-corrected chi connectivity index (χ1v) is 7.55. The summed E-state index contributed by atoms with van der Waals surface area (Å²) in [5.74, 6) is 0. The van der Waals surface area contributed by atoms with Gasteiger partial charge in [0.05, 0.1) is 4.92 Å². The minimum absolute atomic E-state index is 0.0205. The highest BCUT2D eigenvalue weighted by Gasteiger charge is 2.17. The molecular formula is C15H14BrClN2O2. The Bertz CT molecular complexity index is 664. The Labute approximate surface area is 136 Å². The van der Waals surface area contributed by atoms with E-state index in [1.165, 1.54) is 6.07 Å². The molecule has 1 unspecified atom stereocenters. The van der Waals surface area contributed by atoms with Gasteiger partial charge in [-0.05, 0) is 36.6 Å². The first-order valence-electron chi connectivity index (χ1n) is 6.38. The van der Waals surface area contributed by atoms with Gasteiger partial charge in [-0.2, -0.15) is 0 Å². The molecule has 0 aromatic heterocycles. The third-order valence-corrected chi connectivity index (χ3v) is 3.84. The first-order chi connectivity index (χ1) is 9.95. The number of nitrogens with zero attached hydrogens (tertiary/aromatic N) is 1. The van der Waals surface area contributed by atoms with E-state index < -0.39 is 4.92 Å².